The summed E-state index contributed by atoms with van der Waals surface area (Å²) in [5.41, 5.74) is 1.35. The van der Waals surface area contributed by atoms with Crippen molar-refractivity contribution in [2.24, 2.45) is 5.92 Å². The number of hydrogen-bond acceptors (Lipinski definition) is 7. The minimum Gasteiger partial charge on any atom is -0.493 e. The average Bonchev–Trinajstić information content (AvgIpc) is 3.31. The van der Waals surface area contributed by atoms with Crippen molar-refractivity contribution in [1.29, 1.82) is 0 Å². The van der Waals surface area contributed by atoms with Crippen molar-refractivity contribution in [3.63, 3.8) is 0 Å². The van der Waals surface area contributed by atoms with Crippen LogP contribution in [0.25, 0.3) is 0 Å². The van der Waals surface area contributed by atoms with Gasteiger partial charge in [0, 0.05) is 51.3 Å². The van der Waals surface area contributed by atoms with Crippen molar-refractivity contribution in [3.05, 3.63) is 59.4 Å². The number of carbonyl (C=O) groups is 2. The van der Waals surface area contributed by atoms with Gasteiger partial charge in [-0.2, -0.15) is 4.31 Å². The third kappa shape index (κ3) is 6.80. The zero-order chi connectivity index (χ0) is 30.0. The number of aliphatic hydroxyl groups excluding tert-OH is 1. The monoisotopic (exact) mass is 600 g/mol. The van der Waals surface area contributed by atoms with Gasteiger partial charge in [-0.3, -0.25) is 9.59 Å². The number of carbonyl (C=O) groups excluding carboxylic acids is 2. The molecule has 2 N–H and O–H groups in total. The van der Waals surface area contributed by atoms with Crippen LogP contribution in [0, 0.1) is 18.7 Å². The molecule has 3 aliphatic rings. The molecule has 4 bridgehead atoms. The molecule has 5 rings (SSSR count). The number of nitrogens with one attached hydrogen (secondary N) is 1. The lowest BCUT2D eigenvalue weighted by molar-refractivity contribution is -0.129. The van der Waals surface area contributed by atoms with Crippen LogP contribution in [-0.2, 0) is 26.0 Å². The molecule has 3 aliphatic heterocycles. The maximum atomic E-state index is 14.6. The second kappa shape index (κ2) is 12.7. The summed E-state index contributed by atoms with van der Waals surface area (Å²) in [6.07, 6.45) is 0.330. The highest BCUT2D eigenvalue weighted by Crippen LogP contribution is 2.26. The molecule has 2 aromatic rings. The number of ether oxygens (including phenoxy) is 1. The Morgan fingerprint density at radius 2 is 1.88 bits per heavy atom. The number of aryl methyl sites for hydroxylation is 1. The largest absolute Gasteiger partial charge is 0.493 e. The van der Waals surface area contributed by atoms with Gasteiger partial charge >= 0.3 is 0 Å². The van der Waals surface area contributed by atoms with Gasteiger partial charge in [0.2, 0.25) is 21.8 Å². The molecule has 0 spiro atoms. The lowest BCUT2D eigenvalue weighted by Gasteiger charge is -2.43. The number of hydrogen-bond donors (Lipinski definition) is 2. The van der Waals surface area contributed by atoms with Gasteiger partial charge in [0.25, 0.3) is 0 Å². The smallest absolute Gasteiger partial charge is 0.243 e. The predicted octanol–water partition coefficient (Wildman–Crippen LogP) is 0.467. The predicted molar refractivity (Wildman–Crippen MR) is 156 cm³/mol. The van der Waals surface area contributed by atoms with Gasteiger partial charge < -0.3 is 24.9 Å². The highest BCUT2D eigenvalue weighted by molar-refractivity contribution is 7.89. The Bertz CT molecular complexity index is 1430. The van der Waals surface area contributed by atoms with Crippen molar-refractivity contribution in [3.8, 4) is 5.75 Å². The Labute approximate surface area is 247 Å². The summed E-state index contributed by atoms with van der Waals surface area (Å²) >= 11 is 0. The zero-order valence-electron chi connectivity index (χ0n) is 24.0. The first-order valence-corrected chi connectivity index (χ1v) is 15.9. The summed E-state index contributed by atoms with van der Waals surface area (Å²) in [6, 6.07) is 9.51. The molecule has 2 aromatic carbocycles. The summed E-state index contributed by atoms with van der Waals surface area (Å²) in [4.78, 5) is 29.8. The summed E-state index contributed by atoms with van der Waals surface area (Å²) in [6.45, 7) is 3.61. The van der Waals surface area contributed by atoms with Gasteiger partial charge in [-0.25, -0.2) is 12.8 Å². The molecule has 1 unspecified atom stereocenters. The first kappa shape index (κ1) is 30.5. The highest BCUT2D eigenvalue weighted by atomic mass is 32.2. The van der Waals surface area contributed by atoms with Gasteiger partial charge in [-0.05, 0) is 61.6 Å². The maximum absolute atomic E-state index is 14.6. The topological polar surface area (TPSA) is 119 Å². The van der Waals surface area contributed by atoms with Crippen LogP contribution in [-0.4, -0.2) is 105 Å². The Kier molecular flexibility index (Phi) is 9.21. The Morgan fingerprint density at radius 3 is 2.67 bits per heavy atom. The third-order valence-corrected chi connectivity index (χ3v) is 10.3. The van der Waals surface area contributed by atoms with Crippen LogP contribution >= 0.6 is 0 Å². The number of rotatable bonds is 4. The molecule has 10 nitrogen and oxygen atoms in total. The number of halogens is 1. The van der Waals surface area contributed by atoms with Gasteiger partial charge in [-0.15, -0.1) is 0 Å². The molecule has 42 heavy (non-hydrogen) atoms. The maximum Gasteiger partial charge on any atom is 0.243 e. The Hall–Kier alpha value is -3.00. The molecule has 226 valence electrons. The average molecular weight is 601 g/mol. The van der Waals surface area contributed by atoms with E-state index < -0.39 is 39.9 Å². The second-order valence-corrected chi connectivity index (χ2v) is 13.6. The van der Waals surface area contributed by atoms with Crippen LogP contribution in [0.4, 0.5) is 4.39 Å². The standard InChI is InChI=1S/C29H38BFN4O6S/c1-19-5-4-6-24(11-19)42(39,40)34-8-9-35(30)26(18-34)28(37)25-14-20-12-22(31)16-23(13-20)41-10-3-2-7-33-17-21(15-27(33)36)29(38)32-25/h4-6,11-13,16,21,25-26,28,37H,2-3,7-10,14-15,17-18,30H2,1H3,(H,32,38)/t21?,25-,26+,28-/m0/s1. The molecule has 2 fully saturated rings. The number of piperazine rings is 1. The van der Waals surface area contributed by atoms with E-state index in [1.54, 1.807) is 37.1 Å². The Morgan fingerprint density at radius 1 is 1.07 bits per heavy atom. The highest BCUT2D eigenvalue weighted by Gasteiger charge is 2.41. The first-order valence-electron chi connectivity index (χ1n) is 14.5. The fraction of sp³-hybridized carbons (Fsp3) is 0.517. The van der Waals surface area contributed by atoms with Crippen LogP contribution in [0.1, 0.15) is 30.4 Å². The number of aliphatic hydroxyl groups is 1. The summed E-state index contributed by atoms with van der Waals surface area (Å²) in [5, 5.41) is 14.7. The van der Waals surface area contributed by atoms with E-state index in [2.05, 4.69) is 5.32 Å². The summed E-state index contributed by atoms with van der Waals surface area (Å²) < 4.78 is 48.8. The van der Waals surface area contributed by atoms with E-state index in [-0.39, 0.29) is 42.6 Å². The van der Waals surface area contributed by atoms with Crippen LogP contribution in [0.15, 0.2) is 47.4 Å². The van der Waals surface area contributed by atoms with Gasteiger partial charge in [0.15, 0.2) is 7.98 Å². The quantitative estimate of drug-likeness (QED) is 0.490. The van der Waals surface area contributed by atoms with E-state index in [4.69, 9.17) is 4.74 Å². The normalized spacial score (nSPS) is 25.7. The summed E-state index contributed by atoms with van der Waals surface area (Å²) in [5.74, 6) is -1.16. The van der Waals surface area contributed by atoms with Crippen LogP contribution in [0.2, 0.25) is 0 Å². The first-order chi connectivity index (χ1) is 20.0. The molecule has 0 saturated carbocycles. The van der Waals surface area contributed by atoms with Crippen LogP contribution < -0.4 is 10.1 Å². The van der Waals surface area contributed by atoms with Crippen molar-refractivity contribution >= 4 is 29.8 Å². The molecule has 4 atom stereocenters. The molecule has 13 heteroatoms. The molecule has 0 aliphatic carbocycles. The Balaban J connectivity index is 1.43. The number of benzene rings is 2. The number of amides is 2. The number of sulfonamides is 1. The van der Waals surface area contributed by atoms with Crippen molar-refractivity contribution < 1.29 is 32.2 Å². The number of fused-ring (bicyclic) bond motifs is 4. The van der Waals surface area contributed by atoms with E-state index >= 15 is 0 Å². The SMILES string of the molecule is BN1CCN(S(=O)(=O)c2cccc(C)c2)C[C@@H]1[C@@H](O)[C@@H]1Cc2cc(F)cc(c2)OCCCCN2CC(CC2=O)C(=O)N1. The minimum atomic E-state index is -3.82. The molecule has 3 heterocycles. The van der Waals surface area contributed by atoms with Gasteiger partial charge in [0.05, 0.1) is 29.6 Å². The van der Waals surface area contributed by atoms with E-state index in [9.17, 15) is 27.5 Å². The zero-order valence-corrected chi connectivity index (χ0v) is 24.9. The number of nitrogens with zero attached hydrogens (tertiary/aromatic N) is 3. The van der Waals surface area contributed by atoms with E-state index in [0.29, 0.717) is 50.4 Å². The second-order valence-electron chi connectivity index (χ2n) is 11.6. The van der Waals surface area contributed by atoms with Crippen LogP contribution in [0.3, 0.4) is 0 Å². The molecule has 2 saturated heterocycles. The van der Waals surface area contributed by atoms with E-state index in [1.165, 1.54) is 16.4 Å². The molecule has 0 aromatic heterocycles. The van der Waals surface area contributed by atoms with Gasteiger partial charge in [-0.1, -0.05) is 12.1 Å². The van der Waals surface area contributed by atoms with E-state index in [0.717, 1.165) is 5.56 Å². The van der Waals surface area contributed by atoms with Gasteiger partial charge in [0.1, 0.15) is 11.6 Å². The van der Waals surface area contributed by atoms with Crippen LogP contribution in [0.5, 0.6) is 5.75 Å². The molecule has 2 amide bonds. The third-order valence-electron chi connectivity index (χ3n) is 8.48. The van der Waals surface area contributed by atoms with E-state index in [1.807, 2.05) is 17.8 Å². The summed E-state index contributed by atoms with van der Waals surface area (Å²) in [7, 11) is -2.02. The fourth-order valence-electron chi connectivity index (χ4n) is 6.05. The lowest BCUT2D eigenvalue weighted by atomic mass is 9.92. The molecular weight excluding hydrogens is 562 g/mol. The lowest BCUT2D eigenvalue weighted by Crippen LogP contribution is -2.63. The molecular formula is C29H38BFN4O6S. The molecule has 0 radical (unpaired) electrons. The minimum absolute atomic E-state index is 0.00746. The fourth-order valence-corrected chi connectivity index (χ4v) is 7.60. The van der Waals surface area contributed by atoms with Crippen molar-refractivity contribution in [2.75, 3.05) is 39.3 Å². The van der Waals surface area contributed by atoms with Crippen molar-refractivity contribution in [1.82, 2.24) is 19.3 Å². The van der Waals surface area contributed by atoms with Crippen molar-refractivity contribution in [2.45, 2.75) is 55.7 Å².